The minimum atomic E-state index is -1.41. The van der Waals surface area contributed by atoms with Crippen molar-refractivity contribution >= 4 is 41.4 Å². The highest BCUT2D eigenvalue weighted by molar-refractivity contribution is 5.97. The van der Waals surface area contributed by atoms with Gasteiger partial charge in [0, 0.05) is 52.0 Å². The molecule has 4 rings (SSSR count). The molecule has 0 radical (unpaired) electrons. The van der Waals surface area contributed by atoms with E-state index in [1.54, 1.807) is 43.0 Å². The first-order chi connectivity index (χ1) is 22.9. The number of carbonyl (C=O) groups is 7. The summed E-state index contributed by atoms with van der Waals surface area (Å²) in [6.45, 7) is 3.05. The van der Waals surface area contributed by atoms with Crippen LogP contribution in [-0.2, 0) is 40.0 Å². The summed E-state index contributed by atoms with van der Waals surface area (Å²) >= 11 is 0. The first-order valence-corrected chi connectivity index (χ1v) is 16.5. The van der Waals surface area contributed by atoms with E-state index in [2.05, 4.69) is 21.3 Å². The fourth-order valence-electron chi connectivity index (χ4n) is 6.35. The van der Waals surface area contributed by atoms with Gasteiger partial charge in [-0.15, -0.1) is 0 Å². The van der Waals surface area contributed by atoms with Crippen molar-refractivity contribution in [3.63, 3.8) is 0 Å². The van der Waals surface area contributed by atoms with Gasteiger partial charge in [-0.3, -0.25) is 33.6 Å². The van der Waals surface area contributed by atoms with E-state index in [1.807, 2.05) is 6.07 Å². The van der Waals surface area contributed by atoms with Gasteiger partial charge in [0.2, 0.25) is 41.4 Å². The Morgan fingerprint density at radius 1 is 0.958 bits per heavy atom. The number of likely N-dealkylation sites (N-methyl/N-ethyl adjacent to an activating group) is 1. The van der Waals surface area contributed by atoms with E-state index in [9.17, 15) is 38.7 Å². The lowest BCUT2D eigenvalue weighted by molar-refractivity contribution is -0.143. The molecule has 7 amide bonds. The van der Waals surface area contributed by atoms with Crippen LogP contribution in [0, 0.1) is 5.92 Å². The summed E-state index contributed by atoms with van der Waals surface area (Å²) in [4.78, 5) is 96.9. The Morgan fingerprint density at radius 2 is 1.67 bits per heavy atom. The molecule has 5 N–H and O–H groups in total. The Bertz CT molecular complexity index is 1370. The number of aliphatic hydroxyl groups excluding tert-OH is 1. The Morgan fingerprint density at radius 3 is 2.33 bits per heavy atom. The van der Waals surface area contributed by atoms with Gasteiger partial charge >= 0.3 is 0 Å². The first kappa shape index (κ1) is 36.3. The highest BCUT2D eigenvalue weighted by atomic mass is 16.3. The Balaban J connectivity index is 1.63. The lowest BCUT2D eigenvalue weighted by atomic mass is 10.0. The SMILES string of the molecule is CC(C)[C@H]1NC(=O)CN(C)C(=O)[C@H](CO)NC(=O)[C@@H]2C[C@H](NC(=O)CCN3CCCCC3=O)CN2C(=O)[C@H](Cc2ccccc2)NC1=O. The van der Waals surface area contributed by atoms with Crippen molar-refractivity contribution in [3.8, 4) is 0 Å². The zero-order valence-electron chi connectivity index (χ0n) is 27.8. The number of likely N-dealkylation sites (tertiary alicyclic amines) is 1. The molecule has 15 nitrogen and oxygen atoms in total. The van der Waals surface area contributed by atoms with Crippen molar-refractivity contribution in [2.75, 3.05) is 39.8 Å². The van der Waals surface area contributed by atoms with Crippen LogP contribution in [0.5, 0.6) is 0 Å². The highest BCUT2D eigenvalue weighted by Crippen LogP contribution is 2.22. The number of nitrogens with zero attached hydrogens (tertiary/aromatic N) is 3. The summed E-state index contributed by atoms with van der Waals surface area (Å²) in [6.07, 6.45) is 2.30. The van der Waals surface area contributed by atoms with Crippen molar-refractivity contribution in [1.82, 2.24) is 36.0 Å². The molecule has 48 heavy (non-hydrogen) atoms. The molecular weight excluding hydrogens is 622 g/mol. The highest BCUT2D eigenvalue weighted by Gasteiger charge is 2.44. The molecule has 0 aliphatic carbocycles. The van der Waals surface area contributed by atoms with E-state index in [1.165, 1.54) is 11.9 Å². The number of fused-ring (bicyclic) bond motifs is 1. The Kier molecular flexibility index (Phi) is 12.5. The molecule has 1 aromatic rings. The Labute approximate surface area is 280 Å². The number of rotatable bonds is 8. The van der Waals surface area contributed by atoms with Gasteiger partial charge in [-0.25, -0.2) is 0 Å². The Hall–Kier alpha value is -4.53. The van der Waals surface area contributed by atoms with E-state index in [0.717, 1.165) is 23.3 Å². The number of hydrogen-bond donors (Lipinski definition) is 5. The number of aliphatic hydroxyl groups is 1. The summed E-state index contributed by atoms with van der Waals surface area (Å²) < 4.78 is 0. The lowest BCUT2D eigenvalue weighted by Gasteiger charge is -2.30. The zero-order chi connectivity index (χ0) is 35.0. The monoisotopic (exact) mass is 669 g/mol. The minimum absolute atomic E-state index is 0.00694. The smallest absolute Gasteiger partial charge is 0.247 e. The molecule has 1 aromatic carbocycles. The fraction of sp³-hybridized carbons (Fsp3) is 0.606. The first-order valence-electron chi connectivity index (χ1n) is 16.5. The van der Waals surface area contributed by atoms with Gasteiger partial charge in [-0.2, -0.15) is 0 Å². The number of carbonyl (C=O) groups excluding carboxylic acids is 7. The number of amides is 7. The number of benzene rings is 1. The predicted octanol–water partition coefficient (Wildman–Crippen LogP) is -1.71. The standard InChI is InChI=1S/C33H47N7O8/c1-20(2)29-31(46)35-23(15-21-9-5-4-6-10-21)33(48)40-17-22(34-26(42)12-14-39-13-8-7-11-28(39)44)16-25(40)30(45)36-24(19-41)32(47)38(3)18-27(43)37-29/h4-6,9-10,20,22-25,29,41H,7-8,11-19H2,1-3H3,(H,34,42)(H,35,46)(H,36,45)(H,37,43)/t22-,23-,24-,25-,29+/m0/s1. The molecule has 3 heterocycles. The van der Waals surface area contributed by atoms with Crippen molar-refractivity contribution in [2.45, 2.75) is 82.6 Å². The quantitative estimate of drug-likeness (QED) is 0.216. The second kappa shape index (κ2) is 16.5. The third-order valence-corrected chi connectivity index (χ3v) is 9.00. The molecule has 0 aromatic heterocycles. The molecule has 5 atom stereocenters. The summed E-state index contributed by atoms with van der Waals surface area (Å²) in [5.74, 6) is -4.02. The van der Waals surface area contributed by atoms with Gasteiger partial charge in [0.05, 0.1) is 13.2 Å². The number of piperidine rings is 1. The van der Waals surface area contributed by atoms with Crippen molar-refractivity contribution in [1.29, 1.82) is 0 Å². The molecule has 0 spiro atoms. The van der Waals surface area contributed by atoms with Crippen LogP contribution >= 0.6 is 0 Å². The fourth-order valence-corrected chi connectivity index (χ4v) is 6.35. The third kappa shape index (κ3) is 9.30. The normalized spacial score (nSPS) is 26.4. The van der Waals surface area contributed by atoms with Crippen LogP contribution in [0.1, 0.15) is 51.5 Å². The largest absolute Gasteiger partial charge is 0.394 e. The van der Waals surface area contributed by atoms with Crippen molar-refractivity contribution in [2.24, 2.45) is 5.92 Å². The second-order valence-electron chi connectivity index (χ2n) is 13.1. The summed E-state index contributed by atoms with van der Waals surface area (Å²) in [6, 6.07) is 3.61. The van der Waals surface area contributed by atoms with Crippen LogP contribution in [-0.4, -0.2) is 131 Å². The van der Waals surface area contributed by atoms with Crippen LogP contribution in [0.2, 0.25) is 0 Å². The maximum absolute atomic E-state index is 14.3. The lowest BCUT2D eigenvalue weighted by Crippen LogP contribution is -2.58. The second-order valence-corrected chi connectivity index (χ2v) is 13.1. The predicted molar refractivity (Wildman–Crippen MR) is 173 cm³/mol. The van der Waals surface area contributed by atoms with Crippen LogP contribution < -0.4 is 21.3 Å². The van der Waals surface area contributed by atoms with Gasteiger partial charge in [0.1, 0.15) is 24.2 Å². The van der Waals surface area contributed by atoms with Crippen molar-refractivity contribution < 1.29 is 38.7 Å². The number of nitrogens with one attached hydrogen (secondary N) is 4. The average molecular weight is 670 g/mol. The van der Waals surface area contributed by atoms with E-state index < -0.39 is 72.9 Å². The van der Waals surface area contributed by atoms with Gasteiger partial charge in [-0.1, -0.05) is 44.2 Å². The summed E-state index contributed by atoms with van der Waals surface area (Å²) in [7, 11) is 1.34. The maximum Gasteiger partial charge on any atom is 0.247 e. The van der Waals surface area contributed by atoms with Crippen LogP contribution in [0.25, 0.3) is 0 Å². The third-order valence-electron chi connectivity index (χ3n) is 9.00. The average Bonchev–Trinajstić information content (AvgIpc) is 3.48. The van der Waals surface area contributed by atoms with Crippen LogP contribution in [0.15, 0.2) is 30.3 Å². The number of hydrogen-bond acceptors (Lipinski definition) is 8. The molecule has 262 valence electrons. The summed E-state index contributed by atoms with van der Waals surface area (Å²) in [5, 5.41) is 20.9. The van der Waals surface area contributed by atoms with Gasteiger partial charge in [-0.05, 0) is 30.7 Å². The zero-order valence-corrected chi connectivity index (χ0v) is 27.8. The molecule has 0 saturated carbocycles. The van der Waals surface area contributed by atoms with E-state index >= 15 is 0 Å². The molecule has 3 fully saturated rings. The maximum atomic E-state index is 14.3. The minimum Gasteiger partial charge on any atom is -0.394 e. The van der Waals surface area contributed by atoms with Gasteiger partial charge in [0.15, 0.2) is 0 Å². The molecule has 0 unspecified atom stereocenters. The summed E-state index contributed by atoms with van der Waals surface area (Å²) in [5.41, 5.74) is 0.740. The van der Waals surface area contributed by atoms with Gasteiger partial charge < -0.3 is 41.1 Å². The molecule has 0 bridgehead atoms. The van der Waals surface area contributed by atoms with E-state index in [0.29, 0.717) is 13.0 Å². The molecule has 3 aliphatic heterocycles. The topological polar surface area (TPSA) is 198 Å². The van der Waals surface area contributed by atoms with E-state index in [4.69, 9.17) is 0 Å². The van der Waals surface area contributed by atoms with Crippen LogP contribution in [0.4, 0.5) is 0 Å². The molecule has 3 saturated heterocycles. The molecule has 15 heteroatoms. The van der Waals surface area contributed by atoms with E-state index in [-0.39, 0.29) is 50.1 Å². The molecule has 3 aliphatic rings. The van der Waals surface area contributed by atoms with Gasteiger partial charge in [0.25, 0.3) is 0 Å². The molecular formula is C33H47N7O8. The van der Waals surface area contributed by atoms with Crippen molar-refractivity contribution in [3.05, 3.63) is 35.9 Å². The van der Waals surface area contributed by atoms with Crippen LogP contribution in [0.3, 0.4) is 0 Å².